The summed E-state index contributed by atoms with van der Waals surface area (Å²) in [5, 5.41) is 2.61. The number of benzene rings is 1. The number of amides is 1. The number of nitrogens with one attached hydrogen (secondary N) is 1. The molecule has 2 rings (SSSR count). The molecule has 0 aliphatic carbocycles. The normalized spacial score (nSPS) is 10.3. The van der Waals surface area contributed by atoms with E-state index in [1.165, 1.54) is 11.4 Å². The topological polar surface area (TPSA) is 34.0 Å². The predicted octanol–water partition coefficient (Wildman–Crippen LogP) is 2.45. The van der Waals surface area contributed by atoms with Crippen LogP contribution in [0.2, 0.25) is 0 Å². The third-order valence-corrected chi connectivity index (χ3v) is 2.89. The van der Waals surface area contributed by atoms with Crippen molar-refractivity contribution in [1.29, 1.82) is 0 Å². The lowest BCUT2D eigenvalue weighted by molar-refractivity contribution is 0.0963. The first-order chi connectivity index (χ1) is 8.13. The number of hydrogen-bond donors (Lipinski definition) is 1. The molecule has 0 saturated carbocycles. The summed E-state index contributed by atoms with van der Waals surface area (Å²) < 4.78 is 2.16. The Morgan fingerprint density at radius 1 is 1.00 bits per heavy atom. The molecule has 0 fully saturated rings. The highest BCUT2D eigenvalue weighted by Crippen LogP contribution is 2.16. The summed E-state index contributed by atoms with van der Waals surface area (Å²) in [6, 6.07) is 11.8. The van der Waals surface area contributed by atoms with Gasteiger partial charge in [-0.15, -0.1) is 0 Å². The Morgan fingerprint density at radius 3 is 2.00 bits per heavy atom. The molecule has 1 aromatic carbocycles. The smallest absolute Gasteiger partial charge is 0.251 e. The van der Waals surface area contributed by atoms with E-state index >= 15 is 0 Å². The van der Waals surface area contributed by atoms with Crippen LogP contribution >= 0.6 is 0 Å². The highest BCUT2D eigenvalue weighted by atomic mass is 16.1. The van der Waals surface area contributed by atoms with Crippen LogP contribution in [0.15, 0.2) is 36.4 Å². The zero-order valence-electron chi connectivity index (χ0n) is 10.3. The molecule has 0 radical (unpaired) electrons. The molecule has 0 unspecified atom stereocenters. The molecule has 2 aromatic rings. The minimum atomic E-state index is -0.0579. The summed E-state index contributed by atoms with van der Waals surface area (Å²) >= 11 is 0. The molecule has 88 valence electrons. The Labute approximate surface area is 101 Å². The fraction of sp³-hybridized carbons (Fsp3) is 0.214. The summed E-state index contributed by atoms with van der Waals surface area (Å²) in [7, 11) is 1.64. The number of carbonyl (C=O) groups excluding carboxylic acids is 1. The maximum absolute atomic E-state index is 11.4. The van der Waals surface area contributed by atoms with Crippen LogP contribution < -0.4 is 5.32 Å². The van der Waals surface area contributed by atoms with Gasteiger partial charge in [-0.05, 0) is 50.2 Å². The average molecular weight is 228 g/mol. The first-order valence-electron chi connectivity index (χ1n) is 5.61. The number of carbonyl (C=O) groups is 1. The van der Waals surface area contributed by atoms with Crippen molar-refractivity contribution >= 4 is 5.91 Å². The lowest BCUT2D eigenvalue weighted by Gasteiger charge is -2.09. The van der Waals surface area contributed by atoms with Crippen molar-refractivity contribution < 1.29 is 4.79 Å². The van der Waals surface area contributed by atoms with E-state index in [2.05, 4.69) is 35.9 Å². The van der Waals surface area contributed by atoms with Crippen molar-refractivity contribution in [1.82, 2.24) is 9.88 Å². The van der Waals surface area contributed by atoms with E-state index < -0.39 is 0 Å². The Balaban J connectivity index is 2.39. The quantitative estimate of drug-likeness (QED) is 0.841. The van der Waals surface area contributed by atoms with Gasteiger partial charge in [0.2, 0.25) is 0 Å². The van der Waals surface area contributed by atoms with Crippen LogP contribution in [0.4, 0.5) is 0 Å². The summed E-state index contributed by atoms with van der Waals surface area (Å²) in [4.78, 5) is 11.4. The van der Waals surface area contributed by atoms with E-state index in [1.54, 1.807) is 7.05 Å². The number of aryl methyl sites for hydroxylation is 2. The number of rotatable bonds is 2. The molecule has 3 nitrogen and oxygen atoms in total. The van der Waals surface area contributed by atoms with Crippen molar-refractivity contribution in [3.05, 3.63) is 53.3 Å². The van der Waals surface area contributed by atoms with Crippen molar-refractivity contribution in [2.75, 3.05) is 7.05 Å². The largest absolute Gasteiger partial charge is 0.355 e. The lowest BCUT2D eigenvalue weighted by atomic mass is 10.2. The van der Waals surface area contributed by atoms with Gasteiger partial charge in [-0.25, -0.2) is 0 Å². The van der Waals surface area contributed by atoms with Gasteiger partial charge >= 0.3 is 0 Å². The second kappa shape index (κ2) is 4.45. The molecule has 17 heavy (non-hydrogen) atoms. The third-order valence-electron chi connectivity index (χ3n) is 2.89. The van der Waals surface area contributed by atoms with E-state index in [9.17, 15) is 4.79 Å². The molecular formula is C14H16N2O. The summed E-state index contributed by atoms with van der Waals surface area (Å²) in [5.41, 5.74) is 4.14. The Kier molecular flexibility index (Phi) is 3.00. The van der Waals surface area contributed by atoms with Gasteiger partial charge in [0, 0.05) is 29.7 Å². The fourth-order valence-electron chi connectivity index (χ4n) is 1.98. The van der Waals surface area contributed by atoms with Crippen LogP contribution in [-0.2, 0) is 0 Å². The van der Waals surface area contributed by atoms with Crippen LogP contribution in [0, 0.1) is 13.8 Å². The molecule has 0 atom stereocenters. The van der Waals surface area contributed by atoms with Gasteiger partial charge in [0.1, 0.15) is 0 Å². The maximum Gasteiger partial charge on any atom is 0.251 e. The van der Waals surface area contributed by atoms with E-state index in [-0.39, 0.29) is 5.91 Å². The Bertz CT molecular complexity index is 518. The molecule has 1 heterocycles. The fourth-order valence-corrected chi connectivity index (χ4v) is 1.98. The van der Waals surface area contributed by atoms with Crippen LogP contribution in [0.1, 0.15) is 21.7 Å². The molecule has 1 aromatic heterocycles. The van der Waals surface area contributed by atoms with Gasteiger partial charge in [-0.3, -0.25) is 4.79 Å². The van der Waals surface area contributed by atoms with E-state index in [4.69, 9.17) is 0 Å². The highest BCUT2D eigenvalue weighted by Gasteiger charge is 2.06. The maximum atomic E-state index is 11.4. The first kappa shape index (κ1) is 11.5. The summed E-state index contributed by atoms with van der Waals surface area (Å²) in [6.45, 7) is 4.14. The zero-order valence-corrected chi connectivity index (χ0v) is 10.3. The van der Waals surface area contributed by atoms with Gasteiger partial charge < -0.3 is 9.88 Å². The monoisotopic (exact) mass is 228 g/mol. The molecule has 0 spiro atoms. The average Bonchev–Trinajstić information content (AvgIpc) is 2.68. The molecule has 0 aliphatic heterocycles. The Hall–Kier alpha value is -2.03. The predicted molar refractivity (Wildman–Crippen MR) is 68.6 cm³/mol. The van der Waals surface area contributed by atoms with Crippen LogP contribution in [0.25, 0.3) is 5.69 Å². The number of aromatic nitrogens is 1. The second-order valence-electron chi connectivity index (χ2n) is 4.08. The minimum Gasteiger partial charge on any atom is -0.355 e. The standard InChI is InChI=1S/C14H16N2O/c1-10-4-5-11(2)16(10)13-8-6-12(7-9-13)14(17)15-3/h4-9H,1-3H3,(H,15,17). The molecule has 0 aliphatic rings. The molecule has 0 saturated heterocycles. The van der Waals surface area contributed by atoms with Gasteiger partial charge in [0.25, 0.3) is 5.91 Å². The van der Waals surface area contributed by atoms with Crippen molar-refractivity contribution in [3.63, 3.8) is 0 Å². The van der Waals surface area contributed by atoms with E-state index in [0.717, 1.165) is 5.69 Å². The van der Waals surface area contributed by atoms with E-state index in [0.29, 0.717) is 5.56 Å². The van der Waals surface area contributed by atoms with Gasteiger partial charge in [0.05, 0.1) is 0 Å². The van der Waals surface area contributed by atoms with Crippen molar-refractivity contribution in [3.8, 4) is 5.69 Å². The number of hydrogen-bond acceptors (Lipinski definition) is 1. The molecule has 3 heteroatoms. The highest BCUT2D eigenvalue weighted by molar-refractivity contribution is 5.94. The Morgan fingerprint density at radius 2 is 1.53 bits per heavy atom. The van der Waals surface area contributed by atoms with Crippen LogP contribution in [0.3, 0.4) is 0 Å². The van der Waals surface area contributed by atoms with Gasteiger partial charge in [0.15, 0.2) is 0 Å². The SMILES string of the molecule is CNC(=O)c1ccc(-n2c(C)ccc2C)cc1. The van der Waals surface area contributed by atoms with Crippen LogP contribution in [0.5, 0.6) is 0 Å². The summed E-state index contributed by atoms with van der Waals surface area (Å²) in [5.74, 6) is -0.0579. The number of nitrogens with zero attached hydrogens (tertiary/aromatic N) is 1. The molecule has 1 N–H and O–H groups in total. The molecule has 0 bridgehead atoms. The van der Waals surface area contributed by atoms with Gasteiger partial charge in [-0.2, -0.15) is 0 Å². The van der Waals surface area contributed by atoms with Crippen LogP contribution in [-0.4, -0.2) is 17.5 Å². The van der Waals surface area contributed by atoms with Gasteiger partial charge in [-0.1, -0.05) is 0 Å². The zero-order chi connectivity index (χ0) is 12.4. The second-order valence-corrected chi connectivity index (χ2v) is 4.08. The third kappa shape index (κ3) is 2.09. The lowest BCUT2D eigenvalue weighted by Crippen LogP contribution is -2.17. The van der Waals surface area contributed by atoms with Crippen molar-refractivity contribution in [2.45, 2.75) is 13.8 Å². The first-order valence-corrected chi connectivity index (χ1v) is 5.61. The molecular weight excluding hydrogens is 212 g/mol. The minimum absolute atomic E-state index is 0.0579. The van der Waals surface area contributed by atoms with Crippen molar-refractivity contribution in [2.24, 2.45) is 0 Å². The molecule has 1 amide bonds. The van der Waals surface area contributed by atoms with E-state index in [1.807, 2.05) is 24.3 Å². The summed E-state index contributed by atoms with van der Waals surface area (Å²) in [6.07, 6.45) is 0.